The summed E-state index contributed by atoms with van der Waals surface area (Å²) >= 11 is 4.26. The smallest absolute Gasteiger partial charge is 0.110 e. The van der Waals surface area contributed by atoms with Crippen molar-refractivity contribution in [2.45, 2.75) is 24.5 Å². The number of aromatic nitrogens is 2. The fourth-order valence-corrected chi connectivity index (χ4v) is 1.92. The quantitative estimate of drug-likeness (QED) is 0.723. The van der Waals surface area contributed by atoms with E-state index < -0.39 is 0 Å². The number of hydrogen-bond acceptors (Lipinski definition) is 2. The van der Waals surface area contributed by atoms with Crippen LogP contribution >= 0.6 is 12.6 Å². The van der Waals surface area contributed by atoms with Crippen LogP contribution in [-0.4, -0.2) is 9.97 Å². The van der Waals surface area contributed by atoms with Gasteiger partial charge >= 0.3 is 0 Å². The summed E-state index contributed by atoms with van der Waals surface area (Å²) in [6.45, 7) is 0. The normalized spacial score (nSPS) is 16.4. The lowest BCUT2D eigenvalue weighted by molar-refractivity contribution is 0.986. The highest BCUT2D eigenvalue weighted by Gasteiger charge is 2.26. The van der Waals surface area contributed by atoms with Gasteiger partial charge in [0.2, 0.25) is 0 Å². The number of thiol groups is 1. The lowest BCUT2D eigenvalue weighted by Crippen LogP contribution is -1.79. The molecule has 3 heteroatoms. The Bertz CT molecular complexity index is 471. The van der Waals surface area contributed by atoms with E-state index in [1.54, 1.807) is 0 Å². The summed E-state index contributed by atoms with van der Waals surface area (Å²) in [6.07, 6.45) is 2.58. The number of rotatable bonds is 2. The molecular formula is C11H12N2S. The summed E-state index contributed by atoms with van der Waals surface area (Å²) in [6, 6.07) is 6.30. The minimum Gasteiger partial charge on any atom is -0.342 e. The monoisotopic (exact) mass is 204 g/mol. The summed E-state index contributed by atoms with van der Waals surface area (Å²) in [5, 5.41) is 0. The lowest BCUT2D eigenvalue weighted by Gasteiger charge is -1.93. The summed E-state index contributed by atoms with van der Waals surface area (Å²) in [5.41, 5.74) is 3.47. The maximum atomic E-state index is 4.57. The van der Waals surface area contributed by atoms with Gasteiger partial charge in [-0.3, -0.25) is 0 Å². The second-order valence-corrected chi connectivity index (χ2v) is 4.22. The molecule has 1 aromatic carbocycles. The zero-order valence-corrected chi connectivity index (χ0v) is 8.72. The van der Waals surface area contributed by atoms with Crippen LogP contribution in [0.1, 0.15) is 30.1 Å². The van der Waals surface area contributed by atoms with Crippen LogP contribution in [0, 0.1) is 0 Å². The SMILES string of the molecule is SCc1ccc2nc(C3CC3)[nH]c2c1. The van der Waals surface area contributed by atoms with Crippen LogP contribution in [0.4, 0.5) is 0 Å². The summed E-state index contributed by atoms with van der Waals surface area (Å²) in [4.78, 5) is 7.96. The first kappa shape index (κ1) is 8.36. The van der Waals surface area contributed by atoms with Gasteiger partial charge < -0.3 is 4.98 Å². The van der Waals surface area contributed by atoms with Crippen LogP contribution in [0.15, 0.2) is 18.2 Å². The van der Waals surface area contributed by atoms with E-state index in [4.69, 9.17) is 0 Å². The molecule has 0 aliphatic heterocycles. The van der Waals surface area contributed by atoms with Gasteiger partial charge in [-0.05, 0) is 30.5 Å². The molecule has 0 spiro atoms. The number of hydrogen-bond donors (Lipinski definition) is 2. The molecule has 1 saturated carbocycles. The zero-order chi connectivity index (χ0) is 9.54. The van der Waals surface area contributed by atoms with Gasteiger partial charge in [0, 0.05) is 11.7 Å². The molecule has 0 unspecified atom stereocenters. The summed E-state index contributed by atoms with van der Waals surface area (Å²) in [7, 11) is 0. The lowest BCUT2D eigenvalue weighted by atomic mass is 10.2. The Morgan fingerprint density at radius 1 is 1.43 bits per heavy atom. The second kappa shape index (κ2) is 3.02. The maximum Gasteiger partial charge on any atom is 0.110 e. The van der Waals surface area contributed by atoms with E-state index in [9.17, 15) is 0 Å². The Morgan fingerprint density at radius 3 is 3.00 bits per heavy atom. The molecular weight excluding hydrogens is 192 g/mol. The number of nitrogens with one attached hydrogen (secondary N) is 1. The molecule has 72 valence electrons. The molecule has 1 aliphatic rings. The zero-order valence-electron chi connectivity index (χ0n) is 7.83. The van der Waals surface area contributed by atoms with E-state index in [-0.39, 0.29) is 0 Å². The Kier molecular flexibility index (Phi) is 1.80. The van der Waals surface area contributed by atoms with Gasteiger partial charge in [-0.25, -0.2) is 4.98 Å². The number of imidazole rings is 1. The third-order valence-corrected chi connectivity index (χ3v) is 3.08. The first-order chi connectivity index (χ1) is 6.86. The Hall–Kier alpha value is -0.960. The van der Waals surface area contributed by atoms with Crippen molar-refractivity contribution in [3.63, 3.8) is 0 Å². The Labute approximate surface area is 88.2 Å². The van der Waals surface area contributed by atoms with Crippen molar-refractivity contribution in [3.05, 3.63) is 29.6 Å². The highest BCUT2D eigenvalue weighted by Crippen LogP contribution is 2.39. The van der Waals surface area contributed by atoms with Gasteiger partial charge in [-0.15, -0.1) is 0 Å². The molecule has 14 heavy (non-hydrogen) atoms. The van der Waals surface area contributed by atoms with E-state index in [0.29, 0.717) is 5.92 Å². The van der Waals surface area contributed by atoms with Crippen LogP contribution in [0.25, 0.3) is 11.0 Å². The molecule has 3 rings (SSSR count). The Morgan fingerprint density at radius 2 is 2.29 bits per heavy atom. The van der Waals surface area contributed by atoms with Gasteiger partial charge in [0.1, 0.15) is 5.82 Å². The highest BCUT2D eigenvalue weighted by atomic mass is 32.1. The molecule has 0 bridgehead atoms. The van der Waals surface area contributed by atoms with Gasteiger partial charge in [-0.2, -0.15) is 12.6 Å². The van der Waals surface area contributed by atoms with Gasteiger partial charge in [0.25, 0.3) is 0 Å². The topological polar surface area (TPSA) is 28.7 Å². The molecule has 1 aliphatic carbocycles. The van der Waals surface area contributed by atoms with Crippen LogP contribution in [0.2, 0.25) is 0 Å². The van der Waals surface area contributed by atoms with Gasteiger partial charge in [0.05, 0.1) is 11.0 Å². The van der Waals surface area contributed by atoms with Gasteiger partial charge in [0.15, 0.2) is 0 Å². The van der Waals surface area contributed by atoms with Crippen LogP contribution in [0.3, 0.4) is 0 Å². The van der Waals surface area contributed by atoms with E-state index in [1.807, 2.05) is 0 Å². The maximum absolute atomic E-state index is 4.57. The predicted octanol–water partition coefficient (Wildman–Crippen LogP) is 2.87. The number of nitrogens with zero attached hydrogens (tertiary/aromatic N) is 1. The van der Waals surface area contributed by atoms with E-state index >= 15 is 0 Å². The van der Waals surface area contributed by atoms with Crippen molar-refractivity contribution in [2.24, 2.45) is 0 Å². The third kappa shape index (κ3) is 1.32. The largest absolute Gasteiger partial charge is 0.342 e. The summed E-state index contributed by atoms with van der Waals surface area (Å²) in [5.74, 6) is 2.64. The van der Waals surface area contributed by atoms with Gasteiger partial charge in [-0.1, -0.05) is 6.07 Å². The van der Waals surface area contributed by atoms with Crippen molar-refractivity contribution >= 4 is 23.7 Å². The fraction of sp³-hybridized carbons (Fsp3) is 0.364. The van der Waals surface area contributed by atoms with E-state index in [2.05, 4.69) is 40.8 Å². The van der Waals surface area contributed by atoms with Crippen LogP contribution < -0.4 is 0 Å². The molecule has 2 nitrogen and oxygen atoms in total. The minimum atomic E-state index is 0.696. The molecule has 0 radical (unpaired) electrons. The first-order valence-electron chi connectivity index (χ1n) is 4.96. The van der Waals surface area contributed by atoms with Crippen molar-refractivity contribution < 1.29 is 0 Å². The van der Waals surface area contributed by atoms with Crippen molar-refractivity contribution in [3.8, 4) is 0 Å². The highest BCUT2D eigenvalue weighted by molar-refractivity contribution is 7.79. The number of fused-ring (bicyclic) bond motifs is 1. The second-order valence-electron chi connectivity index (χ2n) is 3.91. The minimum absolute atomic E-state index is 0.696. The van der Waals surface area contributed by atoms with Crippen molar-refractivity contribution in [1.29, 1.82) is 0 Å². The molecule has 2 aromatic rings. The fourth-order valence-electron chi connectivity index (χ4n) is 1.72. The predicted molar refractivity (Wildman–Crippen MR) is 60.8 cm³/mol. The Balaban J connectivity index is 2.12. The third-order valence-electron chi connectivity index (χ3n) is 2.71. The van der Waals surface area contributed by atoms with E-state index in [1.165, 1.54) is 18.4 Å². The van der Waals surface area contributed by atoms with Crippen LogP contribution in [0.5, 0.6) is 0 Å². The molecule has 1 N–H and O–H groups in total. The molecule has 1 aromatic heterocycles. The van der Waals surface area contributed by atoms with Crippen molar-refractivity contribution in [2.75, 3.05) is 0 Å². The molecule has 0 amide bonds. The van der Waals surface area contributed by atoms with Crippen LogP contribution in [-0.2, 0) is 5.75 Å². The van der Waals surface area contributed by atoms with Crippen molar-refractivity contribution in [1.82, 2.24) is 9.97 Å². The standard InChI is InChI=1S/C11H12N2S/c14-6-7-1-4-9-10(5-7)13-11(12-9)8-2-3-8/h1,4-5,8,14H,2-3,6H2,(H,12,13). The average molecular weight is 204 g/mol. The molecule has 0 saturated heterocycles. The molecule has 0 atom stereocenters. The number of aromatic amines is 1. The van der Waals surface area contributed by atoms with E-state index in [0.717, 1.165) is 22.6 Å². The molecule has 1 heterocycles. The summed E-state index contributed by atoms with van der Waals surface area (Å²) < 4.78 is 0. The number of H-pyrrole nitrogens is 1. The first-order valence-corrected chi connectivity index (χ1v) is 5.59. The average Bonchev–Trinajstić information content (AvgIpc) is 2.97. The number of benzene rings is 1. The molecule has 1 fully saturated rings.